The number of amides is 2. The SMILES string of the molecule is Cn1c(SCC(=O)NCc2ccccc2)nnc1-c1ccc(NC(=O)c2ccccc2F)cc1. The normalized spacial score (nSPS) is 10.6. The second-order valence-corrected chi connectivity index (χ2v) is 8.37. The molecule has 0 spiro atoms. The highest BCUT2D eigenvalue weighted by Crippen LogP contribution is 2.24. The Balaban J connectivity index is 1.34. The summed E-state index contributed by atoms with van der Waals surface area (Å²) in [7, 11) is 1.83. The Labute approximate surface area is 200 Å². The first-order valence-corrected chi connectivity index (χ1v) is 11.5. The molecule has 1 heterocycles. The summed E-state index contributed by atoms with van der Waals surface area (Å²) in [4.78, 5) is 24.5. The van der Waals surface area contributed by atoms with E-state index in [1.54, 1.807) is 30.3 Å². The molecule has 9 heteroatoms. The number of carbonyl (C=O) groups excluding carboxylic acids is 2. The third-order valence-electron chi connectivity index (χ3n) is 5.02. The van der Waals surface area contributed by atoms with Gasteiger partial charge in [-0.15, -0.1) is 10.2 Å². The van der Waals surface area contributed by atoms with Gasteiger partial charge in [-0.25, -0.2) is 4.39 Å². The minimum atomic E-state index is -0.575. The Kier molecular flexibility index (Phi) is 7.34. The molecule has 7 nitrogen and oxygen atoms in total. The first kappa shape index (κ1) is 23.2. The van der Waals surface area contributed by atoms with Gasteiger partial charge in [0.1, 0.15) is 5.82 Å². The summed E-state index contributed by atoms with van der Waals surface area (Å²) in [5.74, 6) is -0.337. The number of rotatable bonds is 8. The van der Waals surface area contributed by atoms with Gasteiger partial charge in [-0.3, -0.25) is 9.59 Å². The van der Waals surface area contributed by atoms with Gasteiger partial charge >= 0.3 is 0 Å². The highest BCUT2D eigenvalue weighted by atomic mass is 32.2. The highest BCUT2D eigenvalue weighted by molar-refractivity contribution is 7.99. The average molecular weight is 476 g/mol. The number of anilines is 1. The lowest BCUT2D eigenvalue weighted by molar-refractivity contribution is -0.118. The minimum Gasteiger partial charge on any atom is -0.351 e. The van der Waals surface area contributed by atoms with Crippen LogP contribution < -0.4 is 10.6 Å². The number of hydrogen-bond donors (Lipinski definition) is 2. The van der Waals surface area contributed by atoms with Crippen molar-refractivity contribution in [3.8, 4) is 11.4 Å². The fraction of sp³-hybridized carbons (Fsp3) is 0.120. The van der Waals surface area contributed by atoms with E-state index in [2.05, 4.69) is 20.8 Å². The Morgan fingerprint density at radius 2 is 1.65 bits per heavy atom. The van der Waals surface area contributed by atoms with Gasteiger partial charge in [0.05, 0.1) is 11.3 Å². The zero-order valence-electron chi connectivity index (χ0n) is 18.4. The molecule has 4 rings (SSSR count). The lowest BCUT2D eigenvalue weighted by Gasteiger charge is -2.08. The second kappa shape index (κ2) is 10.8. The van der Waals surface area contributed by atoms with E-state index in [0.29, 0.717) is 23.2 Å². The van der Waals surface area contributed by atoms with E-state index >= 15 is 0 Å². The topological polar surface area (TPSA) is 88.9 Å². The van der Waals surface area contributed by atoms with Gasteiger partial charge < -0.3 is 15.2 Å². The van der Waals surface area contributed by atoms with Crippen molar-refractivity contribution < 1.29 is 14.0 Å². The van der Waals surface area contributed by atoms with Crippen LogP contribution in [0.2, 0.25) is 0 Å². The zero-order chi connectivity index (χ0) is 23.9. The molecule has 4 aromatic rings. The van der Waals surface area contributed by atoms with Crippen molar-refractivity contribution in [2.75, 3.05) is 11.1 Å². The van der Waals surface area contributed by atoms with Crippen LogP contribution in [-0.4, -0.2) is 32.3 Å². The van der Waals surface area contributed by atoms with Crippen LogP contribution in [0.4, 0.5) is 10.1 Å². The predicted molar refractivity (Wildman–Crippen MR) is 130 cm³/mol. The molecule has 172 valence electrons. The molecule has 2 N–H and O–H groups in total. The quantitative estimate of drug-likeness (QED) is 0.371. The lowest BCUT2D eigenvalue weighted by Crippen LogP contribution is -2.24. The fourth-order valence-electron chi connectivity index (χ4n) is 3.22. The summed E-state index contributed by atoms with van der Waals surface area (Å²) in [5.41, 5.74) is 2.34. The number of halogens is 1. The van der Waals surface area contributed by atoms with Crippen LogP contribution in [0, 0.1) is 5.82 Å². The van der Waals surface area contributed by atoms with Crippen LogP contribution in [0.1, 0.15) is 15.9 Å². The molecule has 0 unspecified atom stereocenters. The van der Waals surface area contributed by atoms with Crippen molar-refractivity contribution in [3.63, 3.8) is 0 Å². The van der Waals surface area contributed by atoms with Crippen LogP contribution in [-0.2, 0) is 18.4 Å². The van der Waals surface area contributed by atoms with Gasteiger partial charge in [-0.1, -0.05) is 54.2 Å². The standard InChI is InChI=1S/C25H22FN5O2S/c1-31-23(29-30-25(31)34-16-22(32)27-15-17-7-3-2-4-8-17)18-11-13-19(14-12-18)28-24(33)20-9-5-6-10-21(20)26/h2-14H,15-16H2,1H3,(H,27,32)(H,28,33). The van der Waals surface area contributed by atoms with Crippen molar-refractivity contribution in [2.24, 2.45) is 7.05 Å². The molecular formula is C25H22FN5O2S. The molecule has 0 saturated heterocycles. The number of aromatic nitrogens is 3. The molecule has 0 atom stereocenters. The molecule has 0 aliphatic rings. The Morgan fingerprint density at radius 1 is 0.941 bits per heavy atom. The molecule has 0 bridgehead atoms. The molecule has 0 fully saturated rings. The smallest absolute Gasteiger partial charge is 0.258 e. The van der Waals surface area contributed by atoms with Crippen molar-refractivity contribution in [1.82, 2.24) is 20.1 Å². The van der Waals surface area contributed by atoms with E-state index in [9.17, 15) is 14.0 Å². The lowest BCUT2D eigenvalue weighted by atomic mass is 10.1. The number of benzene rings is 3. The highest BCUT2D eigenvalue weighted by Gasteiger charge is 2.14. The van der Waals surface area contributed by atoms with Gasteiger partial charge in [0.15, 0.2) is 11.0 Å². The van der Waals surface area contributed by atoms with E-state index in [-0.39, 0.29) is 17.2 Å². The maximum atomic E-state index is 13.8. The van der Waals surface area contributed by atoms with Crippen LogP contribution in [0.5, 0.6) is 0 Å². The second-order valence-electron chi connectivity index (χ2n) is 7.43. The van der Waals surface area contributed by atoms with Crippen molar-refractivity contribution in [3.05, 3.63) is 95.8 Å². The first-order chi connectivity index (χ1) is 16.5. The van der Waals surface area contributed by atoms with E-state index in [1.165, 1.54) is 30.0 Å². The Morgan fingerprint density at radius 3 is 2.38 bits per heavy atom. The van der Waals surface area contributed by atoms with Crippen LogP contribution in [0.25, 0.3) is 11.4 Å². The summed E-state index contributed by atoms with van der Waals surface area (Å²) >= 11 is 1.30. The maximum absolute atomic E-state index is 13.8. The average Bonchev–Trinajstić information content (AvgIpc) is 3.23. The van der Waals surface area contributed by atoms with Crippen molar-refractivity contribution in [1.29, 1.82) is 0 Å². The summed E-state index contributed by atoms with van der Waals surface area (Å²) in [5, 5.41) is 14.6. The molecule has 0 radical (unpaired) electrons. The van der Waals surface area contributed by atoms with Crippen molar-refractivity contribution in [2.45, 2.75) is 11.7 Å². The van der Waals surface area contributed by atoms with E-state index in [1.807, 2.05) is 41.9 Å². The maximum Gasteiger partial charge on any atom is 0.258 e. The number of carbonyl (C=O) groups is 2. The molecule has 2 amide bonds. The first-order valence-electron chi connectivity index (χ1n) is 10.5. The number of nitrogens with one attached hydrogen (secondary N) is 2. The molecule has 0 aliphatic carbocycles. The summed E-state index contributed by atoms with van der Waals surface area (Å²) < 4.78 is 15.6. The van der Waals surface area contributed by atoms with Gasteiger partial charge in [-0.05, 0) is 42.0 Å². The van der Waals surface area contributed by atoms with Crippen LogP contribution >= 0.6 is 11.8 Å². The molecule has 1 aromatic heterocycles. The Bertz CT molecular complexity index is 1290. The van der Waals surface area contributed by atoms with Gasteiger partial charge in [0.25, 0.3) is 5.91 Å². The van der Waals surface area contributed by atoms with E-state index in [0.717, 1.165) is 11.1 Å². The number of nitrogens with zero attached hydrogens (tertiary/aromatic N) is 3. The third-order valence-corrected chi connectivity index (χ3v) is 6.04. The largest absolute Gasteiger partial charge is 0.351 e. The Hall–Kier alpha value is -3.98. The van der Waals surface area contributed by atoms with E-state index in [4.69, 9.17) is 0 Å². The number of thioether (sulfide) groups is 1. The molecule has 0 aliphatic heterocycles. The number of hydrogen-bond acceptors (Lipinski definition) is 5. The summed E-state index contributed by atoms with van der Waals surface area (Å²) in [6, 6.07) is 22.5. The molecule has 3 aromatic carbocycles. The molecule has 34 heavy (non-hydrogen) atoms. The third kappa shape index (κ3) is 5.68. The van der Waals surface area contributed by atoms with Gasteiger partial charge in [-0.2, -0.15) is 0 Å². The zero-order valence-corrected chi connectivity index (χ0v) is 19.2. The van der Waals surface area contributed by atoms with Crippen molar-refractivity contribution >= 4 is 29.3 Å². The van der Waals surface area contributed by atoms with Gasteiger partial charge in [0, 0.05) is 24.8 Å². The van der Waals surface area contributed by atoms with E-state index < -0.39 is 11.7 Å². The van der Waals surface area contributed by atoms with Crippen LogP contribution in [0.15, 0.2) is 84.0 Å². The van der Waals surface area contributed by atoms with Crippen LogP contribution in [0.3, 0.4) is 0 Å². The molecule has 0 saturated carbocycles. The minimum absolute atomic E-state index is 0.0191. The molecular weight excluding hydrogens is 453 g/mol. The summed E-state index contributed by atoms with van der Waals surface area (Å²) in [6.45, 7) is 0.476. The monoisotopic (exact) mass is 475 g/mol. The fourth-order valence-corrected chi connectivity index (χ4v) is 3.96. The predicted octanol–water partition coefficient (Wildman–Crippen LogP) is 4.28. The van der Waals surface area contributed by atoms with Gasteiger partial charge in [0.2, 0.25) is 5.91 Å². The summed E-state index contributed by atoms with van der Waals surface area (Å²) in [6.07, 6.45) is 0.